The van der Waals surface area contributed by atoms with Crippen molar-refractivity contribution in [1.82, 2.24) is 4.90 Å². The highest BCUT2D eigenvalue weighted by Crippen LogP contribution is 2.38. The standard InChI is InChI=1S/C15H20BrClN4/c1-10(2)20-6-5-15(9-20)8-19-14(18)21(15)11-3-4-13(17)12(16)7-11/h3-4,7,10H,5-6,8-9H2,1-2H3,(H2,18,19). The number of nitrogens with two attached hydrogens (primary N) is 1. The zero-order valence-corrected chi connectivity index (χ0v) is 14.7. The molecule has 0 amide bonds. The molecular formula is C15H20BrClN4. The van der Waals surface area contributed by atoms with Crippen molar-refractivity contribution in [3.05, 3.63) is 27.7 Å². The second-order valence-corrected chi connectivity index (χ2v) is 7.41. The predicted molar refractivity (Wildman–Crippen MR) is 92.2 cm³/mol. The van der Waals surface area contributed by atoms with Crippen LogP contribution in [0.3, 0.4) is 0 Å². The van der Waals surface area contributed by atoms with Crippen LogP contribution in [0.2, 0.25) is 5.02 Å². The number of likely N-dealkylation sites (tertiary alicyclic amines) is 1. The second kappa shape index (κ2) is 5.45. The van der Waals surface area contributed by atoms with Crippen LogP contribution in [0.5, 0.6) is 0 Å². The minimum Gasteiger partial charge on any atom is -0.369 e. The van der Waals surface area contributed by atoms with E-state index in [4.69, 9.17) is 17.3 Å². The molecule has 2 aliphatic rings. The summed E-state index contributed by atoms with van der Waals surface area (Å²) in [7, 11) is 0. The number of anilines is 1. The highest BCUT2D eigenvalue weighted by Gasteiger charge is 2.48. The molecule has 0 aliphatic carbocycles. The molecule has 114 valence electrons. The zero-order valence-electron chi connectivity index (χ0n) is 12.3. The number of rotatable bonds is 2. The molecule has 4 nitrogen and oxygen atoms in total. The first-order valence-corrected chi connectivity index (χ1v) is 8.39. The number of halogens is 2. The topological polar surface area (TPSA) is 44.9 Å². The fourth-order valence-corrected chi connectivity index (χ4v) is 3.77. The summed E-state index contributed by atoms with van der Waals surface area (Å²) in [6.07, 6.45) is 1.08. The maximum Gasteiger partial charge on any atom is 0.196 e. The number of hydrogen-bond donors (Lipinski definition) is 1. The van der Waals surface area contributed by atoms with Crippen LogP contribution in [0, 0.1) is 0 Å². The zero-order chi connectivity index (χ0) is 15.2. The molecule has 1 aromatic rings. The van der Waals surface area contributed by atoms with Crippen LogP contribution in [-0.2, 0) is 0 Å². The van der Waals surface area contributed by atoms with Crippen LogP contribution >= 0.6 is 27.5 Å². The number of guanidine groups is 1. The molecule has 2 heterocycles. The van der Waals surface area contributed by atoms with Gasteiger partial charge >= 0.3 is 0 Å². The van der Waals surface area contributed by atoms with Gasteiger partial charge in [-0.2, -0.15) is 0 Å². The summed E-state index contributed by atoms with van der Waals surface area (Å²) < 4.78 is 0.884. The minimum atomic E-state index is -0.0123. The molecule has 0 aromatic heterocycles. The lowest BCUT2D eigenvalue weighted by molar-refractivity contribution is 0.260. The average Bonchev–Trinajstić information content (AvgIpc) is 2.99. The van der Waals surface area contributed by atoms with Crippen LogP contribution in [0.15, 0.2) is 27.7 Å². The molecule has 1 saturated heterocycles. The van der Waals surface area contributed by atoms with Crippen LogP contribution in [0.25, 0.3) is 0 Å². The Kier molecular flexibility index (Phi) is 3.93. The smallest absolute Gasteiger partial charge is 0.196 e. The maximum atomic E-state index is 6.18. The van der Waals surface area contributed by atoms with E-state index in [1.54, 1.807) is 0 Å². The summed E-state index contributed by atoms with van der Waals surface area (Å²) in [5, 5.41) is 0.706. The molecule has 1 spiro atoms. The fourth-order valence-electron chi connectivity index (χ4n) is 3.28. The van der Waals surface area contributed by atoms with Crippen molar-refractivity contribution in [2.45, 2.75) is 31.8 Å². The van der Waals surface area contributed by atoms with Gasteiger partial charge < -0.3 is 10.6 Å². The Labute approximate surface area is 139 Å². The van der Waals surface area contributed by atoms with E-state index < -0.39 is 0 Å². The van der Waals surface area contributed by atoms with Crippen molar-refractivity contribution in [2.24, 2.45) is 10.7 Å². The van der Waals surface area contributed by atoms with Crippen LogP contribution in [-0.4, -0.2) is 42.1 Å². The largest absolute Gasteiger partial charge is 0.369 e. The molecule has 0 saturated carbocycles. The van der Waals surface area contributed by atoms with E-state index in [0.717, 1.165) is 36.2 Å². The second-order valence-electron chi connectivity index (χ2n) is 6.15. The SMILES string of the molecule is CC(C)N1CCC2(CN=C(N)N2c2ccc(Cl)c(Br)c2)C1. The first-order chi connectivity index (χ1) is 9.93. The third kappa shape index (κ3) is 2.56. The van der Waals surface area contributed by atoms with Gasteiger partial charge in [0.25, 0.3) is 0 Å². The van der Waals surface area contributed by atoms with E-state index in [-0.39, 0.29) is 5.54 Å². The Bertz CT molecular complexity index is 589. The lowest BCUT2D eigenvalue weighted by Gasteiger charge is -2.36. The summed E-state index contributed by atoms with van der Waals surface area (Å²) in [6, 6.07) is 6.48. The molecule has 0 bridgehead atoms. The van der Waals surface area contributed by atoms with Gasteiger partial charge in [0.2, 0.25) is 0 Å². The number of aliphatic imine (C=N–C) groups is 1. The third-order valence-electron chi connectivity index (χ3n) is 4.49. The first kappa shape index (κ1) is 15.1. The third-order valence-corrected chi connectivity index (χ3v) is 5.71. The summed E-state index contributed by atoms with van der Waals surface area (Å²) in [5.74, 6) is 0.606. The van der Waals surface area contributed by atoms with Crippen molar-refractivity contribution in [1.29, 1.82) is 0 Å². The van der Waals surface area contributed by atoms with E-state index in [0.29, 0.717) is 17.0 Å². The summed E-state index contributed by atoms with van der Waals surface area (Å²) in [5.41, 5.74) is 7.22. The molecule has 1 unspecified atom stereocenters. The van der Waals surface area contributed by atoms with Gasteiger partial charge in [-0.25, -0.2) is 0 Å². The van der Waals surface area contributed by atoms with E-state index in [1.807, 2.05) is 18.2 Å². The Morgan fingerprint density at radius 1 is 1.43 bits per heavy atom. The molecule has 1 aromatic carbocycles. The Morgan fingerprint density at radius 2 is 2.19 bits per heavy atom. The molecule has 2 N–H and O–H groups in total. The van der Waals surface area contributed by atoms with Gasteiger partial charge in [-0.05, 0) is 54.4 Å². The van der Waals surface area contributed by atoms with Gasteiger partial charge in [-0.3, -0.25) is 9.89 Å². The summed E-state index contributed by atoms with van der Waals surface area (Å²) >= 11 is 9.60. The number of hydrogen-bond acceptors (Lipinski definition) is 4. The molecular weight excluding hydrogens is 352 g/mol. The fraction of sp³-hybridized carbons (Fsp3) is 0.533. The minimum absolute atomic E-state index is 0.0123. The van der Waals surface area contributed by atoms with Crippen LogP contribution in [0.1, 0.15) is 20.3 Å². The van der Waals surface area contributed by atoms with Crippen LogP contribution < -0.4 is 10.6 Å². The molecule has 1 atom stereocenters. The lowest BCUT2D eigenvalue weighted by atomic mass is 9.97. The van der Waals surface area contributed by atoms with E-state index in [9.17, 15) is 0 Å². The predicted octanol–water partition coefficient (Wildman–Crippen LogP) is 3.09. The van der Waals surface area contributed by atoms with Gasteiger partial charge in [0.1, 0.15) is 0 Å². The lowest BCUT2D eigenvalue weighted by Crippen LogP contribution is -2.54. The quantitative estimate of drug-likeness (QED) is 0.869. The Morgan fingerprint density at radius 3 is 2.81 bits per heavy atom. The molecule has 21 heavy (non-hydrogen) atoms. The van der Waals surface area contributed by atoms with Gasteiger partial charge in [0, 0.05) is 29.3 Å². The Balaban J connectivity index is 1.95. The average molecular weight is 372 g/mol. The monoisotopic (exact) mass is 370 g/mol. The van der Waals surface area contributed by atoms with E-state index in [2.05, 4.69) is 44.6 Å². The van der Waals surface area contributed by atoms with Gasteiger partial charge in [0.15, 0.2) is 5.96 Å². The van der Waals surface area contributed by atoms with Crippen molar-refractivity contribution >= 4 is 39.2 Å². The molecule has 0 radical (unpaired) electrons. The summed E-state index contributed by atoms with van der Waals surface area (Å²) in [4.78, 5) is 9.20. The number of nitrogens with zero attached hydrogens (tertiary/aromatic N) is 3. The van der Waals surface area contributed by atoms with Gasteiger partial charge in [-0.15, -0.1) is 0 Å². The van der Waals surface area contributed by atoms with Crippen LogP contribution in [0.4, 0.5) is 5.69 Å². The molecule has 2 aliphatic heterocycles. The molecule has 1 fully saturated rings. The Hall–Kier alpha value is -0.780. The van der Waals surface area contributed by atoms with Crippen molar-refractivity contribution in [3.8, 4) is 0 Å². The highest BCUT2D eigenvalue weighted by atomic mass is 79.9. The molecule has 6 heteroatoms. The van der Waals surface area contributed by atoms with Crippen molar-refractivity contribution < 1.29 is 0 Å². The van der Waals surface area contributed by atoms with Crippen molar-refractivity contribution in [3.63, 3.8) is 0 Å². The van der Waals surface area contributed by atoms with E-state index >= 15 is 0 Å². The first-order valence-electron chi connectivity index (χ1n) is 7.22. The number of benzene rings is 1. The summed E-state index contributed by atoms with van der Waals surface area (Å²) in [6.45, 7) is 7.33. The van der Waals surface area contributed by atoms with Gasteiger partial charge in [-0.1, -0.05) is 11.6 Å². The normalized spacial score (nSPS) is 26.1. The highest BCUT2D eigenvalue weighted by molar-refractivity contribution is 9.10. The van der Waals surface area contributed by atoms with Crippen molar-refractivity contribution in [2.75, 3.05) is 24.5 Å². The van der Waals surface area contributed by atoms with E-state index in [1.165, 1.54) is 0 Å². The maximum absolute atomic E-state index is 6.18. The molecule has 3 rings (SSSR count). The van der Waals surface area contributed by atoms with Gasteiger partial charge in [0.05, 0.1) is 17.1 Å².